The van der Waals surface area contributed by atoms with Crippen LogP contribution in [0, 0.1) is 0 Å². The summed E-state index contributed by atoms with van der Waals surface area (Å²) in [6.45, 7) is 4.84. The zero-order chi connectivity index (χ0) is 11.9. The normalized spacial score (nSPS) is 12.4. The number of esters is 1. The van der Waals surface area contributed by atoms with Crippen LogP contribution in [0.15, 0.2) is 12.7 Å². The number of hydrogen-bond acceptors (Lipinski definition) is 5. The SMILES string of the molecule is C=CC(=O)OCCSCC(C)S(=O)(=O)O.[MgH2]. The molecular formula is C8H16MgO5S2. The summed E-state index contributed by atoms with van der Waals surface area (Å²) in [7, 11) is -3.96. The highest BCUT2D eigenvalue weighted by molar-refractivity contribution is 8.00. The van der Waals surface area contributed by atoms with Gasteiger partial charge in [-0.1, -0.05) is 6.58 Å². The molecule has 0 aliphatic heterocycles. The first-order valence-electron chi connectivity index (χ1n) is 4.21. The minimum absolute atomic E-state index is 0. The molecule has 0 rings (SSSR count). The Morgan fingerprint density at radius 1 is 1.62 bits per heavy atom. The molecule has 0 aromatic carbocycles. The smallest absolute Gasteiger partial charge is 0.330 e. The maximum atomic E-state index is 10.6. The molecule has 1 unspecified atom stereocenters. The number of ether oxygens (including phenoxy) is 1. The highest BCUT2D eigenvalue weighted by atomic mass is 32.2. The van der Waals surface area contributed by atoms with Crippen molar-refractivity contribution in [1.29, 1.82) is 0 Å². The summed E-state index contributed by atoms with van der Waals surface area (Å²) in [4.78, 5) is 10.6. The summed E-state index contributed by atoms with van der Waals surface area (Å²) in [5, 5.41) is -0.808. The Labute approximate surface area is 116 Å². The van der Waals surface area contributed by atoms with Crippen molar-refractivity contribution in [2.24, 2.45) is 0 Å². The van der Waals surface area contributed by atoms with Gasteiger partial charge in [-0.25, -0.2) is 4.79 Å². The molecule has 0 saturated carbocycles. The second-order valence-corrected chi connectivity index (χ2v) is 5.76. The van der Waals surface area contributed by atoms with Gasteiger partial charge in [-0.15, -0.1) is 0 Å². The van der Waals surface area contributed by atoms with Crippen molar-refractivity contribution in [2.75, 3.05) is 18.1 Å². The molecule has 5 nitrogen and oxygen atoms in total. The second-order valence-electron chi connectivity index (χ2n) is 2.77. The van der Waals surface area contributed by atoms with E-state index in [1.807, 2.05) is 0 Å². The third-order valence-corrected chi connectivity index (χ3v) is 4.09. The number of carbonyl (C=O) groups excluding carboxylic acids is 1. The van der Waals surface area contributed by atoms with Gasteiger partial charge in [-0.05, 0) is 6.92 Å². The lowest BCUT2D eigenvalue weighted by Crippen LogP contribution is -2.19. The van der Waals surface area contributed by atoms with Crippen molar-refractivity contribution in [3.63, 3.8) is 0 Å². The summed E-state index contributed by atoms with van der Waals surface area (Å²) in [6.07, 6.45) is 1.06. The van der Waals surface area contributed by atoms with E-state index in [9.17, 15) is 13.2 Å². The minimum Gasteiger partial charge on any atom is -0.462 e. The molecule has 0 bridgehead atoms. The molecule has 1 N–H and O–H groups in total. The first kappa shape index (κ1) is 18.6. The first-order valence-corrected chi connectivity index (χ1v) is 6.87. The molecule has 0 saturated heterocycles. The number of thioether (sulfide) groups is 1. The maximum Gasteiger partial charge on any atom is 0.330 e. The van der Waals surface area contributed by atoms with Crippen LogP contribution < -0.4 is 0 Å². The molecule has 0 amide bonds. The van der Waals surface area contributed by atoms with Gasteiger partial charge in [0.25, 0.3) is 10.1 Å². The molecule has 0 radical (unpaired) electrons. The Balaban J connectivity index is 0. The molecule has 0 aliphatic rings. The molecule has 16 heavy (non-hydrogen) atoms. The fourth-order valence-electron chi connectivity index (χ4n) is 0.595. The van der Waals surface area contributed by atoms with E-state index in [0.717, 1.165) is 6.08 Å². The van der Waals surface area contributed by atoms with Gasteiger partial charge in [-0.3, -0.25) is 4.55 Å². The molecule has 1 atom stereocenters. The van der Waals surface area contributed by atoms with Crippen LogP contribution in [0.25, 0.3) is 0 Å². The van der Waals surface area contributed by atoms with E-state index in [0.29, 0.717) is 5.75 Å². The minimum atomic E-state index is -3.96. The van der Waals surface area contributed by atoms with Crippen molar-refractivity contribution in [1.82, 2.24) is 0 Å². The van der Waals surface area contributed by atoms with Crippen molar-refractivity contribution in [2.45, 2.75) is 12.2 Å². The largest absolute Gasteiger partial charge is 0.462 e. The van der Waals surface area contributed by atoms with E-state index < -0.39 is 21.3 Å². The third kappa shape index (κ3) is 9.46. The van der Waals surface area contributed by atoms with Crippen molar-refractivity contribution in [3.05, 3.63) is 12.7 Å². The Morgan fingerprint density at radius 3 is 2.62 bits per heavy atom. The van der Waals surface area contributed by atoms with Crippen molar-refractivity contribution < 1.29 is 22.5 Å². The van der Waals surface area contributed by atoms with Crippen LogP contribution in [0.3, 0.4) is 0 Å². The molecule has 0 aromatic heterocycles. The average molecular weight is 281 g/mol. The predicted molar refractivity (Wildman–Crippen MR) is 68.0 cm³/mol. The summed E-state index contributed by atoms with van der Waals surface area (Å²) >= 11 is 1.29. The molecule has 0 aromatic rings. The lowest BCUT2D eigenvalue weighted by molar-refractivity contribution is -0.137. The average Bonchev–Trinajstić information content (AvgIpc) is 2.15. The monoisotopic (exact) mass is 280 g/mol. The number of carbonyl (C=O) groups is 1. The number of rotatable bonds is 7. The Morgan fingerprint density at radius 2 is 2.19 bits per heavy atom. The predicted octanol–water partition coefficient (Wildman–Crippen LogP) is -0.191. The zero-order valence-corrected chi connectivity index (χ0v) is 10.0. The van der Waals surface area contributed by atoms with Gasteiger partial charge in [0.15, 0.2) is 0 Å². The van der Waals surface area contributed by atoms with E-state index in [4.69, 9.17) is 4.55 Å². The van der Waals surface area contributed by atoms with Crippen LogP contribution in [-0.4, -0.2) is 65.4 Å². The van der Waals surface area contributed by atoms with Crippen molar-refractivity contribution >= 4 is 50.9 Å². The van der Waals surface area contributed by atoms with E-state index in [1.54, 1.807) is 0 Å². The number of hydrogen-bond donors (Lipinski definition) is 1. The summed E-state index contributed by atoms with van der Waals surface area (Å²) in [6, 6.07) is 0. The highest BCUT2D eigenvalue weighted by Gasteiger charge is 2.16. The van der Waals surface area contributed by atoms with Gasteiger partial charge in [0, 0.05) is 17.6 Å². The van der Waals surface area contributed by atoms with Gasteiger partial charge in [-0.2, -0.15) is 20.2 Å². The lowest BCUT2D eigenvalue weighted by Gasteiger charge is -2.07. The molecule has 0 heterocycles. The Bertz CT molecular complexity index is 314. The highest BCUT2D eigenvalue weighted by Crippen LogP contribution is 2.08. The molecule has 92 valence electrons. The van der Waals surface area contributed by atoms with Crippen LogP contribution in [0.2, 0.25) is 0 Å². The molecule has 8 heteroatoms. The Hall–Kier alpha value is 0.236. The molecule has 0 fully saturated rings. The fourth-order valence-corrected chi connectivity index (χ4v) is 2.27. The first-order chi connectivity index (χ1) is 6.88. The van der Waals surface area contributed by atoms with Crippen LogP contribution in [0.5, 0.6) is 0 Å². The zero-order valence-electron chi connectivity index (χ0n) is 8.38. The summed E-state index contributed by atoms with van der Waals surface area (Å²) in [5.74, 6) is 0.252. The summed E-state index contributed by atoms with van der Waals surface area (Å²) < 4.78 is 34.5. The van der Waals surface area contributed by atoms with E-state index in [2.05, 4.69) is 11.3 Å². The van der Waals surface area contributed by atoms with Crippen LogP contribution in [0.1, 0.15) is 6.92 Å². The van der Waals surface area contributed by atoms with Gasteiger partial charge >= 0.3 is 29.0 Å². The second kappa shape index (κ2) is 9.29. The van der Waals surface area contributed by atoms with Crippen LogP contribution >= 0.6 is 11.8 Å². The van der Waals surface area contributed by atoms with Crippen LogP contribution in [0.4, 0.5) is 0 Å². The third-order valence-electron chi connectivity index (χ3n) is 1.50. The Kier molecular flexibility index (Phi) is 10.8. The van der Waals surface area contributed by atoms with Crippen LogP contribution in [-0.2, 0) is 19.6 Å². The van der Waals surface area contributed by atoms with E-state index >= 15 is 0 Å². The van der Waals surface area contributed by atoms with E-state index in [1.165, 1.54) is 18.7 Å². The van der Waals surface area contributed by atoms with Gasteiger partial charge in [0.05, 0.1) is 5.25 Å². The standard InChI is InChI=1S/C8H14O5S2.Mg.2H/c1-3-8(9)13-4-5-14-6-7(2)15(10,11)12;;;/h3,7H,1,4-6H2,2H3,(H,10,11,12);;;. The van der Waals surface area contributed by atoms with Gasteiger partial charge < -0.3 is 4.74 Å². The quantitative estimate of drug-likeness (QED) is 0.229. The van der Waals surface area contributed by atoms with Gasteiger partial charge in [0.1, 0.15) is 6.61 Å². The van der Waals surface area contributed by atoms with Gasteiger partial charge in [0.2, 0.25) is 0 Å². The fraction of sp³-hybridized carbons (Fsp3) is 0.625. The molecular weight excluding hydrogens is 265 g/mol. The molecule has 0 aliphatic carbocycles. The maximum absolute atomic E-state index is 10.6. The van der Waals surface area contributed by atoms with E-state index in [-0.39, 0.29) is 35.4 Å². The van der Waals surface area contributed by atoms with Crippen molar-refractivity contribution in [3.8, 4) is 0 Å². The summed E-state index contributed by atoms with van der Waals surface area (Å²) in [5.41, 5.74) is 0. The molecule has 0 spiro atoms. The topological polar surface area (TPSA) is 80.7 Å². The lowest BCUT2D eigenvalue weighted by atomic mass is 10.6.